The van der Waals surface area contributed by atoms with E-state index < -0.39 is 11.9 Å². The van der Waals surface area contributed by atoms with Crippen molar-refractivity contribution in [3.63, 3.8) is 0 Å². The zero-order valence-corrected chi connectivity index (χ0v) is 17.4. The Morgan fingerprint density at radius 1 is 1.19 bits per heavy atom. The van der Waals surface area contributed by atoms with Crippen LogP contribution in [0.3, 0.4) is 0 Å². The molecule has 162 valence electrons. The monoisotopic (exact) mass is 448 g/mol. The number of alkyl halides is 3. The second kappa shape index (κ2) is 8.27. The first-order valence-electron chi connectivity index (χ1n) is 9.87. The summed E-state index contributed by atoms with van der Waals surface area (Å²) in [4.78, 5) is 8.00. The second-order valence-corrected chi connectivity index (χ2v) is 8.14. The van der Waals surface area contributed by atoms with Crippen molar-refractivity contribution in [2.75, 3.05) is 10.6 Å². The Bertz CT molecular complexity index is 1150. The molecule has 4 rings (SSSR count). The lowest BCUT2D eigenvalue weighted by Crippen LogP contribution is -2.35. The minimum atomic E-state index is -4.54. The van der Waals surface area contributed by atoms with E-state index in [1.165, 1.54) is 18.3 Å². The Balaban J connectivity index is 1.57. The van der Waals surface area contributed by atoms with Gasteiger partial charge in [-0.1, -0.05) is 11.6 Å². The van der Waals surface area contributed by atoms with Gasteiger partial charge in [-0.05, 0) is 49.9 Å². The number of hydrogen-bond donors (Lipinski definition) is 2. The van der Waals surface area contributed by atoms with Crippen molar-refractivity contribution in [2.24, 2.45) is 7.05 Å². The van der Waals surface area contributed by atoms with E-state index in [2.05, 4.69) is 26.7 Å². The molecule has 2 heterocycles. The fourth-order valence-corrected chi connectivity index (χ4v) is 4.14. The van der Waals surface area contributed by atoms with Crippen molar-refractivity contribution < 1.29 is 13.2 Å². The maximum atomic E-state index is 13.4. The topological polar surface area (TPSA) is 78.6 Å². The SMILES string of the molecule is Cn1c(C#N)cnc1N[C@@H]1CCC[C@H](Nc2cc(C(F)(F)F)nc3ccc(Cl)cc23)C1. The van der Waals surface area contributed by atoms with Gasteiger partial charge in [-0.15, -0.1) is 0 Å². The number of imidazole rings is 1. The van der Waals surface area contributed by atoms with E-state index in [0.29, 0.717) is 34.2 Å². The lowest BCUT2D eigenvalue weighted by Gasteiger charge is -2.31. The number of nitrogens with one attached hydrogen (secondary N) is 2. The number of rotatable bonds is 4. The third-order valence-electron chi connectivity index (χ3n) is 5.53. The maximum absolute atomic E-state index is 13.4. The fourth-order valence-electron chi connectivity index (χ4n) is 3.96. The number of benzene rings is 1. The van der Waals surface area contributed by atoms with Crippen LogP contribution in [0, 0.1) is 11.3 Å². The lowest BCUT2D eigenvalue weighted by molar-refractivity contribution is -0.140. The summed E-state index contributed by atoms with van der Waals surface area (Å²) in [5.41, 5.74) is 0.124. The van der Waals surface area contributed by atoms with Gasteiger partial charge in [-0.3, -0.25) is 0 Å². The zero-order chi connectivity index (χ0) is 22.2. The number of pyridine rings is 1. The van der Waals surface area contributed by atoms with Gasteiger partial charge in [0.15, 0.2) is 0 Å². The number of nitrogens with zero attached hydrogens (tertiary/aromatic N) is 4. The minimum absolute atomic E-state index is 0.0346. The third kappa shape index (κ3) is 4.54. The highest BCUT2D eigenvalue weighted by Gasteiger charge is 2.34. The standard InChI is InChI=1S/C21H20ClF3N6/c1-31-15(10-26)11-27-20(31)29-14-4-2-3-13(8-14)28-18-9-19(21(23,24)25)30-17-6-5-12(22)7-16(17)18/h5-7,9,11,13-14H,2-4,8H2,1H3,(H,27,29)(H,28,30)/t13-,14+/m0/s1. The van der Waals surface area contributed by atoms with Crippen LogP contribution in [0.15, 0.2) is 30.5 Å². The smallest absolute Gasteiger partial charge is 0.382 e. The zero-order valence-electron chi connectivity index (χ0n) is 16.7. The minimum Gasteiger partial charge on any atom is -0.382 e. The molecule has 6 nitrogen and oxygen atoms in total. The van der Waals surface area contributed by atoms with Crippen LogP contribution in [0.5, 0.6) is 0 Å². The van der Waals surface area contributed by atoms with Gasteiger partial charge in [0, 0.05) is 35.2 Å². The van der Waals surface area contributed by atoms with E-state index in [4.69, 9.17) is 16.9 Å². The molecule has 10 heteroatoms. The van der Waals surface area contributed by atoms with Crippen molar-refractivity contribution in [2.45, 2.75) is 43.9 Å². The second-order valence-electron chi connectivity index (χ2n) is 7.70. The number of hydrogen-bond acceptors (Lipinski definition) is 5. The van der Waals surface area contributed by atoms with Crippen LogP contribution in [-0.4, -0.2) is 26.6 Å². The maximum Gasteiger partial charge on any atom is 0.433 e. The number of nitriles is 1. The summed E-state index contributed by atoms with van der Waals surface area (Å²) in [5, 5.41) is 16.7. The number of halogens is 4. The van der Waals surface area contributed by atoms with Crippen LogP contribution in [-0.2, 0) is 13.2 Å². The first kappa shape index (κ1) is 21.2. The summed E-state index contributed by atoms with van der Waals surface area (Å²) in [6, 6.07) is 7.82. The number of aromatic nitrogens is 3. The van der Waals surface area contributed by atoms with Gasteiger partial charge in [-0.2, -0.15) is 18.4 Å². The van der Waals surface area contributed by atoms with Gasteiger partial charge in [0.25, 0.3) is 0 Å². The van der Waals surface area contributed by atoms with Crippen LogP contribution in [0.2, 0.25) is 5.02 Å². The molecule has 0 unspecified atom stereocenters. The Morgan fingerprint density at radius 2 is 1.94 bits per heavy atom. The van der Waals surface area contributed by atoms with Crippen LogP contribution >= 0.6 is 11.6 Å². The Kier molecular flexibility index (Phi) is 5.67. The highest BCUT2D eigenvalue weighted by atomic mass is 35.5. The van der Waals surface area contributed by atoms with Gasteiger partial charge >= 0.3 is 6.18 Å². The third-order valence-corrected chi connectivity index (χ3v) is 5.77. The molecule has 1 aliphatic rings. The number of fused-ring (bicyclic) bond motifs is 1. The van der Waals surface area contributed by atoms with Gasteiger partial charge in [0.2, 0.25) is 5.95 Å². The molecule has 0 radical (unpaired) electrons. The average molecular weight is 449 g/mol. The van der Waals surface area contributed by atoms with Crippen LogP contribution in [0.25, 0.3) is 10.9 Å². The Labute approximate surface area is 182 Å². The van der Waals surface area contributed by atoms with Gasteiger partial charge in [0.1, 0.15) is 17.5 Å². The quantitative estimate of drug-likeness (QED) is 0.562. The summed E-state index contributed by atoms with van der Waals surface area (Å²) in [6.45, 7) is 0. The van der Waals surface area contributed by atoms with Gasteiger partial charge < -0.3 is 15.2 Å². The number of anilines is 2. The molecule has 0 bridgehead atoms. The summed E-state index contributed by atoms with van der Waals surface area (Å²) in [5.74, 6) is 0.600. The van der Waals surface area contributed by atoms with Crippen LogP contribution in [0.4, 0.5) is 24.8 Å². The average Bonchev–Trinajstić information content (AvgIpc) is 3.07. The molecular formula is C21H20ClF3N6. The molecule has 1 fully saturated rings. The van der Waals surface area contributed by atoms with Crippen molar-refractivity contribution in [3.05, 3.63) is 46.9 Å². The molecule has 2 atom stereocenters. The molecule has 2 aromatic heterocycles. The van der Waals surface area contributed by atoms with Gasteiger partial charge in [-0.25, -0.2) is 9.97 Å². The summed E-state index contributed by atoms with van der Waals surface area (Å²) >= 11 is 6.09. The van der Waals surface area contributed by atoms with Crippen molar-refractivity contribution in [1.29, 1.82) is 5.26 Å². The van der Waals surface area contributed by atoms with E-state index in [1.54, 1.807) is 17.7 Å². The molecule has 3 aromatic rings. The Hall–Kier alpha value is -2.99. The summed E-state index contributed by atoms with van der Waals surface area (Å²) in [7, 11) is 1.76. The van der Waals surface area contributed by atoms with E-state index in [1.807, 2.05) is 0 Å². The molecular weight excluding hydrogens is 429 g/mol. The summed E-state index contributed by atoms with van der Waals surface area (Å²) in [6.07, 6.45) is 0.294. The molecule has 1 saturated carbocycles. The van der Waals surface area contributed by atoms with Crippen molar-refractivity contribution in [1.82, 2.24) is 14.5 Å². The van der Waals surface area contributed by atoms with E-state index >= 15 is 0 Å². The predicted molar refractivity (Wildman–Crippen MR) is 113 cm³/mol. The molecule has 0 aliphatic heterocycles. The first-order valence-corrected chi connectivity index (χ1v) is 10.2. The molecule has 2 N–H and O–H groups in total. The van der Waals surface area contributed by atoms with Crippen LogP contribution in [0.1, 0.15) is 37.1 Å². The fraction of sp³-hybridized carbons (Fsp3) is 0.381. The van der Waals surface area contributed by atoms with Gasteiger partial charge in [0.05, 0.1) is 11.7 Å². The van der Waals surface area contributed by atoms with Crippen LogP contribution < -0.4 is 10.6 Å². The first-order chi connectivity index (χ1) is 14.7. The molecule has 0 spiro atoms. The van der Waals surface area contributed by atoms with E-state index in [-0.39, 0.29) is 17.6 Å². The highest BCUT2D eigenvalue weighted by molar-refractivity contribution is 6.31. The lowest BCUT2D eigenvalue weighted by atomic mass is 9.90. The van der Waals surface area contributed by atoms with Crippen molar-refractivity contribution in [3.8, 4) is 6.07 Å². The van der Waals surface area contributed by atoms with E-state index in [9.17, 15) is 13.2 Å². The normalized spacial score (nSPS) is 19.2. The molecule has 0 saturated heterocycles. The van der Waals surface area contributed by atoms with Crippen molar-refractivity contribution >= 4 is 34.1 Å². The highest BCUT2D eigenvalue weighted by Crippen LogP contribution is 2.35. The van der Waals surface area contributed by atoms with E-state index in [0.717, 1.165) is 25.3 Å². The summed E-state index contributed by atoms with van der Waals surface area (Å²) < 4.78 is 41.8. The predicted octanol–water partition coefficient (Wildman–Crippen LogP) is 5.35. The molecule has 1 aromatic carbocycles. The molecule has 31 heavy (non-hydrogen) atoms. The Morgan fingerprint density at radius 3 is 2.61 bits per heavy atom. The molecule has 0 amide bonds. The largest absolute Gasteiger partial charge is 0.433 e. The molecule has 1 aliphatic carbocycles.